The second-order valence-corrected chi connectivity index (χ2v) is 6.10. The quantitative estimate of drug-likeness (QED) is 0.365. The summed E-state index contributed by atoms with van der Waals surface area (Å²) < 4.78 is 5.02. The molecule has 0 bridgehead atoms. The van der Waals surface area contributed by atoms with Crippen molar-refractivity contribution in [3.8, 4) is 0 Å². The van der Waals surface area contributed by atoms with Gasteiger partial charge in [-0.3, -0.25) is 19.7 Å². The third-order valence-electron chi connectivity index (χ3n) is 3.19. The smallest absolute Gasteiger partial charge is 0.349 e. The zero-order valence-electron chi connectivity index (χ0n) is 13.3. The number of esters is 1. The molecule has 130 valence electrons. The van der Waals surface area contributed by atoms with Gasteiger partial charge < -0.3 is 10.1 Å². The largest absolute Gasteiger partial charge is 0.448 e. The number of hydrogen-bond donors (Lipinski definition) is 1. The molecule has 0 spiro atoms. The molecular formula is C16H14N2O6S. The Hall–Kier alpha value is -3.07. The molecule has 0 saturated carbocycles. The van der Waals surface area contributed by atoms with E-state index in [1.807, 2.05) is 0 Å². The summed E-state index contributed by atoms with van der Waals surface area (Å²) in [5, 5.41) is 13.0. The number of para-hydroxylation sites is 1. The van der Waals surface area contributed by atoms with Crippen LogP contribution in [0.3, 0.4) is 0 Å². The topological polar surface area (TPSA) is 116 Å². The number of hydrogen-bond acceptors (Lipinski definition) is 7. The van der Waals surface area contributed by atoms with Crippen molar-refractivity contribution >= 4 is 39.7 Å². The van der Waals surface area contributed by atoms with Crippen LogP contribution in [-0.2, 0) is 9.53 Å². The number of carbonyl (C=O) groups is 3. The van der Waals surface area contributed by atoms with Crippen LogP contribution in [0.4, 0.5) is 10.7 Å². The molecule has 8 nitrogen and oxygen atoms in total. The van der Waals surface area contributed by atoms with Gasteiger partial charge in [0.15, 0.2) is 11.9 Å². The molecule has 1 amide bonds. The Balaban J connectivity index is 2.04. The Morgan fingerprint density at radius 1 is 1.20 bits per heavy atom. The maximum absolute atomic E-state index is 12.2. The van der Waals surface area contributed by atoms with Crippen LogP contribution in [0.2, 0.25) is 0 Å². The van der Waals surface area contributed by atoms with Crippen LogP contribution >= 0.6 is 11.3 Å². The Labute approximate surface area is 146 Å². The zero-order chi connectivity index (χ0) is 18.6. The number of amides is 1. The summed E-state index contributed by atoms with van der Waals surface area (Å²) in [6, 6.07) is 8.91. The lowest BCUT2D eigenvalue weighted by molar-refractivity contribution is -0.380. The molecule has 0 aliphatic rings. The number of anilines is 1. The lowest BCUT2D eigenvalue weighted by atomic mass is 10.1. The third-order valence-corrected chi connectivity index (χ3v) is 4.21. The molecule has 0 saturated heterocycles. The Kier molecular flexibility index (Phi) is 5.60. The summed E-state index contributed by atoms with van der Waals surface area (Å²) in [7, 11) is 0. The molecule has 9 heteroatoms. The van der Waals surface area contributed by atoms with E-state index in [9.17, 15) is 24.5 Å². The third kappa shape index (κ3) is 4.48. The van der Waals surface area contributed by atoms with Crippen LogP contribution in [0, 0.1) is 10.1 Å². The molecule has 0 aliphatic carbocycles. The van der Waals surface area contributed by atoms with Gasteiger partial charge in [-0.15, -0.1) is 0 Å². The van der Waals surface area contributed by atoms with Gasteiger partial charge >= 0.3 is 11.0 Å². The molecule has 2 rings (SSSR count). The fraction of sp³-hybridized carbons (Fsp3) is 0.188. The summed E-state index contributed by atoms with van der Waals surface area (Å²) in [4.78, 5) is 45.7. The average Bonchev–Trinajstić information content (AvgIpc) is 3.05. The second-order valence-electron chi connectivity index (χ2n) is 5.03. The molecule has 0 radical (unpaired) electrons. The molecule has 1 heterocycles. The summed E-state index contributed by atoms with van der Waals surface area (Å²) >= 11 is 0.663. The molecule has 0 unspecified atom stereocenters. The predicted molar refractivity (Wildman–Crippen MR) is 90.9 cm³/mol. The highest BCUT2D eigenvalue weighted by Crippen LogP contribution is 2.25. The van der Waals surface area contributed by atoms with Gasteiger partial charge in [-0.1, -0.05) is 23.5 Å². The van der Waals surface area contributed by atoms with Crippen molar-refractivity contribution < 1.29 is 24.0 Å². The van der Waals surface area contributed by atoms with E-state index in [2.05, 4.69) is 5.32 Å². The molecule has 1 atom stereocenters. The van der Waals surface area contributed by atoms with Gasteiger partial charge in [-0.2, -0.15) is 0 Å². The fourth-order valence-electron chi connectivity index (χ4n) is 1.94. The Morgan fingerprint density at radius 2 is 1.88 bits per heavy atom. The van der Waals surface area contributed by atoms with Crippen molar-refractivity contribution in [1.29, 1.82) is 0 Å². The van der Waals surface area contributed by atoms with E-state index in [4.69, 9.17) is 4.74 Å². The molecule has 0 fully saturated rings. The minimum Gasteiger partial charge on any atom is -0.448 e. The number of Topliss-reactive ketones (excluding diaryl/α,β-unsaturated/α-hetero) is 1. The zero-order valence-corrected chi connectivity index (χ0v) is 14.2. The SMILES string of the molecule is CC(=O)c1ccccc1NC(=O)[C@@H](C)OC(=O)c1ccc([N+](=O)[O-])s1. The molecule has 2 aromatic rings. The van der Waals surface area contributed by atoms with Crippen molar-refractivity contribution in [3.05, 3.63) is 57.0 Å². The highest BCUT2D eigenvalue weighted by molar-refractivity contribution is 7.17. The van der Waals surface area contributed by atoms with Crippen molar-refractivity contribution in [3.63, 3.8) is 0 Å². The van der Waals surface area contributed by atoms with E-state index in [1.54, 1.807) is 24.3 Å². The number of nitrogens with zero attached hydrogens (tertiary/aromatic N) is 1. The van der Waals surface area contributed by atoms with Crippen molar-refractivity contribution in [1.82, 2.24) is 0 Å². The number of ether oxygens (including phenoxy) is 1. The van der Waals surface area contributed by atoms with Crippen molar-refractivity contribution in [2.75, 3.05) is 5.32 Å². The minimum atomic E-state index is -1.14. The van der Waals surface area contributed by atoms with Crippen LogP contribution in [-0.4, -0.2) is 28.7 Å². The first-order valence-corrected chi connectivity index (χ1v) is 7.97. The van der Waals surface area contributed by atoms with Gasteiger partial charge in [0.25, 0.3) is 5.91 Å². The maximum Gasteiger partial charge on any atom is 0.349 e. The minimum absolute atomic E-state index is 0.0236. The van der Waals surface area contributed by atoms with Crippen LogP contribution in [0.25, 0.3) is 0 Å². The van der Waals surface area contributed by atoms with E-state index < -0.39 is 22.9 Å². The van der Waals surface area contributed by atoms with E-state index in [0.717, 1.165) is 0 Å². The average molecular weight is 362 g/mol. The molecule has 25 heavy (non-hydrogen) atoms. The van der Waals surface area contributed by atoms with E-state index in [-0.39, 0.29) is 15.7 Å². The fourth-order valence-corrected chi connectivity index (χ4v) is 2.64. The number of ketones is 1. The van der Waals surface area contributed by atoms with E-state index in [1.165, 1.54) is 26.0 Å². The van der Waals surface area contributed by atoms with Crippen molar-refractivity contribution in [2.24, 2.45) is 0 Å². The summed E-state index contributed by atoms with van der Waals surface area (Å²) in [6.07, 6.45) is -1.14. The first kappa shape index (κ1) is 18.3. The first-order chi connectivity index (χ1) is 11.8. The lowest BCUT2D eigenvalue weighted by Crippen LogP contribution is -2.30. The summed E-state index contributed by atoms with van der Waals surface area (Å²) in [5.41, 5.74) is 0.651. The number of thiophene rings is 1. The molecule has 0 aliphatic heterocycles. The summed E-state index contributed by atoms with van der Waals surface area (Å²) in [5.74, 6) is -1.67. The van der Waals surface area contributed by atoms with Crippen LogP contribution in [0.15, 0.2) is 36.4 Å². The second kappa shape index (κ2) is 7.67. The number of benzene rings is 1. The first-order valence-electron chi connectivity index (χ1n) is 7.15. The van der Waals surface area contributed by atoms with Crippen molar-refractivity contribution in [2.45, 2.75) is 20.0 Å². The normalized spacial score (nSPS) is 11.4. The molecule has 1 N–H and O–H groups in total. The molecule has 1 aromatic heterocycles. The predicted octanol–water partition coefficient (Wildman–Crippen LogP) is 3.04. The molecular weight excluding hydrogens is 348 g/mol. The number of carbonyl (C=O) groups excluding carboxylic acids is 3. The number of nitrogens with one attached hydrogen (secondary N) is 1. The monoisotopic (exact) mass is 362 g/mol. The Morgan fingerprint density at radius 3 is 2.48 bits per heavy atom. The van der Waals surface area contributed by atoms with Gasteiger partial charge in [-0.05, 0) is 32.0 Å². The Bertz CT molecular complexity index is 845. The van der Waals surface area contributed by atoms with Gasteiger partial charge in [0.2, 0.25) is 0 Å². The van der Waals surface area contributed by atoms with Gasteiger partial charge in [-0.25, -0.2) is 4.79 Å². The van der Waals surface area contributed by atoms with Gasteiger partial charge in [0.1, 0.15) is 4.88 Å². The van der Waals surface area contributed by atoms with E-state index in [0.29, 0.717) is 22.6 Å². The number of rotatable bonds is 6. The van der Waals surface area contributed by atoms with E-state index >= 15 is 0 Å². The highest BCUT2D eigenvalue weighted by Gasteiger charge is 2.23. The van der Waals surface area contributed by atoms with Crippen LogP contribution < -0.4 is 5.32 Å². The highest BCUT2D eigenvalue weighted by atomic mass is 32.1. The molecule has 1 aromatic carbocycles. The maximum atomic E-state index is 12.2. The van der Waals surface area contributed by atoms with Crippen LogP contribution in [0.1, 0.15) is 33.9 Å². The standard InChI is InChI=1S/C16H14N2O6S/c1-9(19)11-5-3-4-6-12(11)17-15(20)10(2)24-16(21)13-7-8-14(25-13)18(22)23/h3-8,10H,1-2H3,(H,17,20)/t10-/m1/s1. The van der Waals surface area contributed by atoms with Gasteiger partial charge in [0.05, 0.1) is 10.6 Å². The van der Waals surface area contributed by atoms with Gasteiger partial charge in [0, 0.05) is 11.6 Å². The van der Waals surface area contributed by atoms with Crippen LogP contribution in [0.5, 0.6) is 0 Å². The summed E-state index contributed by atoms with van der Waals surface area (Å²) in [6.45, 7) is 2.74. The number of nitro groups is 1. The lowest BCUT2D eigenvalue weighted by Gasteiger charge is -2.14.